The summed E-state index contributed by atoms with van der Waals surface area (Å²) < 4.78 is 0. The van der Waals surface area contributed by atoms with Crippen LogP contribution < -0.4 is 10.2 Å². The van der Waals surface area contributed by atoms with Crippen LogP contribution >= 0.6 is 11.8 Å². The molecule has 3 aromatic rings. The molecule has 1 aliphatic heterocycles. The third kappa shape index (κ3) is 4.55. The lowest BCUT2D eigenvalue weighted by Crippen LogP contribution is -2.45. The Morgan fingerprint density at radius 2 is 1.48 bits per heavy atom. The maximum atomic E-state index is 13.0. The van der Waals surface area contributed by atoms with Crippen LogP contribution in [-0.4, -0.2) is 22.2 Å². The van der Waals surface area contributed by atoms with Crippen molar-refractivity contribution >= 4 is 45.8 Å². The number of rotatable bonds is 4. The second-order valence-corrected chi connectivity index (χ2v) is 7.63. The highest BCUT2D eigenvalue weighted by Crippen LogP contribution is 2.33. The van der Waals surface area contributed by atoms with Crippen molar-refractivity contribution in [2.24, 2.45) is 4.99 Å². The zero-order valence-electron chi connectivity index (χ0n) is 15.6. The molecule has 0 saturated carbocycles. The fourth-order valence-corrected chi connectivity index (χ4v) is 4.11. The molecule has 4 rings (SSSR count). The van der Waals surface area contributed by atoms with E-state index in [2.05, 4.69) is 10.3 Å². The van der Waals surface area contributed by atoms with Crippen molar-refractivity contribution in [3.63, 3.8) is 0 Å². The number of nitrogens with zero attached hydrogens (tertiary/aromatic N) is 2. The third-order valence-electron chi connectivity index (χ3n) is 4.38. The first-order valence-electron chi connectivity index (χ1n) is 9.25. The Hall–Kier alpha value is -3.38. The molecule has 1 aliphatic rings. The van der Waals surface area contributed by atoms with Gasteiger partial charge in [-0.15, -0.1) is 0 Å². The number of anilines is 2. The lowest BCUT2D eigenvalue weighted by atomic mass is 10.2. The van der Waals surface area contributed by atoms with Crippen molar-refractivity contribution in [3.05, 3.63) is 91.0 Å². The normalized spacial score (nSPS) is 17.9. The van der Waals surface area contributed by atoms with Gasteiger partial charge in [-0.2, -0.15) is 0 Å². The van der Waals surface area contributed by atoms with Crippen LogP contribution in [0, 0.1) is 0 Å². The SMILES string of the molecule is O=C(Nc1ccccc1)C1CC(=O)N(c2ccccc2)C(=Nc2ccccc2)S1. The lowest BCUT2D eigenvalue weighted by molar-refractivity contribution is -0.121. The molecule has 0 radical (unpaired) electrons. The van der Waals surface area contributed by atoms with E-state index < -0.39 is 5.25 Å². The molecule has 1 fully saturated rings. The summed E-state index contributed by atoms with van der Waals surface area (Å²) in [6.45, 7) is 0. The number of carbonyl (C=O) groups is 2. The number of hydrogen-bond acceptors (Lipinski definition) is 4. The Morgan fingerprint density at radius 3 is 2.14 bits per heavy atom. The van der Waals surface area contributed by atoms with Gasteiger partial charge in [-0.3, -0.25) is 14.5 Å². The summed E-state index contributed by atoms with van der Waals surface area (Å²) in [6, 6.07) is 28.1. The summed E-state index contributed by atoms with van der Waals surface area (Å²) in [6.07, 6.45) is 0.103. The standard InChI is InChI=1S/C23H19N3O2S/c27-21-16-20(22(28)24-17-10-4-1-5-11-17)29-23(25-18-12-6-2-7-13-18)26(21)19-14-8-3-9-15-19/h1-15,20H,16H2,(H,24,28). The molecule has 1 saturated heterocycles. The van der Waals surface area contributed by atoms with Crippen molar-refractivity contribution in [2.75, 3.05) is 10.2 Å². The molecule has 1 atom stereocenters. The predicted octanol–water partition coefficient (Wildman–Crippen LogP) is 4.85. The summed E-state index contributed by atoms with van der Waals surface area (Å²) in [4.78, 5) is 32.1. The lowest BCUT2D eigenvalue weighted by Gasteiger charge is -2.31. The molecule has 5 nitrogen and oxygen atoms in total. The topological polar surface area (TPSA) is 61.8 Å². The molecule has 0 spiro atoms. The van der Waals surface area contributed by atoms with E-state index in [0.717, 1.165) is 11.4 Å². The van der Waals surface area contributed by atoms with Crippen LogP contribution in [0.15, 0.2) is 96.0 Å². The molecule has 1 N–H and O–H groups in total. The maximum absolute atomic E-state index is 13.0. The number of nitrogens with one attached hydrogen (secondary N) is 1. The minimum Gasteiger partial charge on any atom is -0.325 e. The first kappa shape index (κ1) is 19.0. The highest BCUT2D eigenvalue weighted by atomic mass is 32.2. The van der Waals surface area contributed by atoms with E-state index in [1.807, 2.05) is 91.0 Å². The van der Waals surface area contributed by atoms with E-state index in [0.29, 0.717) is 10.9 Å². The predicted molar refractivity (Wildman–Crippen MR) is 119 cm³/mol. The minimum absolute atomic E-state index is 0.103. The number of amides is 2. The molecule has 1 heterocycles. The van der Waals surface area contributed by atoms with Crippen LogP contribution in [0.2, 0.25) is 0 Å². The van der Waals surface area contributed by atoms with Crippen LogP contribution in [-0.2, 0) is 9.59 Å². The van der Waals surface area contributed by atoms with Crippen molar-refractivity contribution in [1.29, 1.82) is 0 Å². The first-order valence-corrected chi connectivity index (χ1v) is 10.1. The van der Waals surface area contributed by atoms with Gasteiger partial charge in [-0.1, -0.05) is 66.4 Å². The van der Waals surface area contributed by atoms with Gasteiger partial charge in [0.25, 0.3) is 0 Å². The number of benzene rings is 3. The zero-order valence-corrected chi connectivity index (χ0v) is 16.4. The second kappa shape index (κ2) is 8.75. The highest BCUT2D eigenvalue weighted by molar-refractivity contribution is 8.15. The van der Waals surface area contributed by atoms with Crippen LogP contribution in [0.3, 0.4) is 0 Å². The fourth-order valence-electron chi connectivity index (χ4n) is 2.99. The summed E-state index contributed by atoms with van der Waals surface area (Å²) in [5, 5.41) is 2.83. The molecular formula is C23H19N3O2S. The Balaban J connectivity index is 1.64. The Morgan fingerprint density at radius 1 is 0.897 bits per heavy atom. The van der Waals surface area contributed by atoms with E-state index in [9.17, 15) is 9.59 Å². The summed E-state index contributed by atoms with van der Waals surface area (Å²) >= 11 is 1.30. The molecule has 0 bridgehead atoms. The van der Waals surface area contributed by atoms with Crippen molar-refractivity contribution < 1.29 is 9.59 Å². The largest absolute Gasteiger partial charge is 0.325 e. The van der Waals surface area contributed by atoms with Gasteiger partial charge in [0, 0.05) is 12.1 Å². The molecule has 3 aromatic carbocycles. The number of thioether (sulfide) groups is 1. The summed E-state index contributed by atoms with van der Waals surface area (Å²) in [5.74, 6) is -0.360. The summed E-state index contributed by atoms with van der Waals surface area (Å²) in [5.41, 5.74) is 2.17. The van der Waals surface area contributed by atoms with Crippen molar-refractivity contribution in [2.45, 2.75) is 11.7 Å². The van der Waals surface area contributed by atoms with Gasteiger partial charge in [0.2, 0.25) is 11.8 Å². The van der Waals surface area contributed by atoms with Crippen molar-refractivity contribution in [1.82, 2.24) is 0 Å². The number of amidine groups is 1. The van der Waals surface area contributed by atoms with Gasteiger partial charge in [-0.25, -0.2) is 4.99 Å². The van der Waals surface area contributed by atoms with E-state index in [4.69, 9.17) is 0 Å². The molecule has 0 aromatic heterocycles. The van der Waals surface area contributed by atoms with Crippen LogP contribution in [0.25, 0.3) is 0 Å². The number of aliphatic imine (C=N–C) groups is 1. The third-order valence-corrected chi connectivity index (χ3v) is 5.53. The van der Waals surface area contributed by atoms with Crippen LogP contribution in [0.5, 0.6) is 0 Å². The van der Waals surface area contributed by atoms with E-state index in [-0.39, 0.29) is 18.2 Å². The number of carbonyl (C=O) groups excluding carboxylic acids is 2. The monoisotopic (exact) mass is 401 g/mol. The first-order chi connectivity index (χ1) is 14.2. The van der Waals surface area contributed by atoms with Crippen molar-refractivity contribution in [3.8, 4) is 0 Å². The smallest absolute Gasteiger partial charge is 0.238 e. The van der Waals surface area contributed by atoms with Crippen LogP contribution in [0.1, 0.15) is 6.42 Å². The van der Waals surface area contributed by atoms with Crippen LogP contribution in [0.4, 0.5) is 17.1 Å². The average molecular weight is 401 g/mol. The Labute approximate surface area is 173 Å². The van der Waals surface area contributed by atoms with Gasteiger partial charge in [-0.05, 0) is 36.4 Å². The van der Waals surface area contributed by atoms with Gasteiger partial charge in [0.05, 0.1) is 11.4 Å². The van der Waals surface area contributed by atoms with Gasteiger partial charge < -0.3 is 5.32 Å². The second-order valence-electron chi connectivity index (χ2n) is 6.46. The molecule has 1 unspecified atom stereocenters. The van der Waals surface area contributed by atoms with Gasteiger partial charge >= 0.3 is 0 Å². The zero-order chi connectivity index (χ0) is 20.1. The van der Waals surface area contributed by atoms with E-state index in [1.54, 1.807) is 4.90 Å². The highest BCUT2D eigenvalue weighted by Gasteiger charge is 2.36. The van der Waals surface area contributed by atoms with Gasteiger partial charge in [0.15, 0.2) is 5.17 Å². The van der Waals surface area contributed by atoms with Gasteiger partial charge in [0.1, 0.15) is 5.25 Å². The Kier molecular flexibility index (Phi) is 5.72. The quantitative estimate of drug-likeness (QED) is 0.680. The molecule has 0 aliphatic carbocycles. The number of hydrogen-bond donors (Lipinski definition) is 1. The summed E-state index contributed by atoms with van der Waals surface area (Å²) in [7, 11) is 0. The molecule has 2 amide bonds. The molecule has 144 valence electrons. The fraction of sp³-hybridized carbons (Fsp3) is 0.0870. The minimum atomic E-state index is -0.551. The molecule has 6 heteroatoms. The van der Waals surface area contributed by atoms with E-state index in [1.165, 1.54) is 11.8 Å². The van der Waals surface area contributed by atoms with E-state index >= 15 is 0 Å². The molecular weight excluding hydrogens is 382 g/mol. The maximum Gasteiger partial charge on any atom is 0.238 e. The number of para-hydroxylation sites is 3. The average Bonchev–Trinajstić information content (AvgIpc) is 2.75. The Bertz CT molecular complexity index is 1020. The molecule has 29 heavy (non-hydrogen) atoms.